The summed E-state index contributed by atoms with van der Waals surface area (Å²) in [6.07, 6.45) is 20.4. The number of hydrogen-bond donors (Lipinski definition) is 1. The smallest absolute Gasteiger partial charge is 0.316 e. The summed E-state index contributed by atoms with van der Waals surface area (Å²) in [4.78, 5) is 7.69. The first-order valence-corrected chi connectivity index (χ1v) is 10.2. The van der Waals surface area contributed by atoms with Crippen molar-refractivity contribution < 1.29 is 14.0 Å². The van der Waals surface area contributed by atoms with E-state index in [0.29, 0.717) is 0 Å². The fourth-order valence-electron chi connectivity index (χ4n) is 2.27. The van der Waals surface area contributed by atoms with E-state index in [2.05, 4.69) is 18.4 Å². The third-order valence-corrected chi connectivity index (χ3v) is 3.98. The topological polar surface area (TPSA) is 46.5 Å². The molecule has 0 amide bonds. The first-order valence-electron chi connectivity index (χ1n) is 8.95. The average Bonchev–Trinajstić information content (AvgIpc) is 2.49. The number of unbranched alkanes of at least 4 members (excludes halogenated alkanes) is 13. The molecule has 0 rings (SSSR count). The van der Waals surface area contributed by atoms with E-state index >= 15 is 0 Å². The molecule has 0 spiro atoms. The van der Waals surface area contributed by atoms with Crippen molar-refractivity contribution in [1.82, 2.24) is 0 Å². The van der Waals surface area contributed by atoms with E-state index in [0.717, 1.165) is 0 Å². The van der Waals surface area contributed by atoms with Gasteiger partial charge in [-0.2, -0.15) is 0 Å². The third kappa shape index (κ3) is 28.9. The van der Waals surface area contributed by atoms with Gasteiger partial charge in [0.25, 0.3) is 0 Å². The van der Waals surface area contributed by atoms with Crippen LogP contribution in [0.2, 0.25) is 0 Å². The first kappa shape index (κ1) is 23.4. The Bertz CT molecular complexity index is 184. The lowest BCUT2D eigenvalue weighted by Crippen LogP contribution is -1.82. The molecule has 4 heteroatoms. The normalized spacial score (nSPS) is 11.8. The van der Waals surface area contributed by atoms with Crippen LogP contribution in [0.3, 0.4) is 0 Å². The van der Waals surface area contributed by atoms with Crippen molar-refractivity contribution in [3.63, 3.8) is 0 Å². The van der Waals surface area contributed by atoms with E-state index in [1.165, 1.54) is 97.0 Å². The zero-order valence-corrected chi connectivity index (χ0v) is 15.7. The molecule has 0 saturated carbocycles. The van der Waals surface area contributed by atoms with Crippen LogP contribution in [0.5, 0.6) is 0 Å². The SMILES string of the molecule is CCCCCCCCCCCCCCCC.CO[PH](=O)O. The molecule has 0 bridgehead atoms. The van der Waals surface area contributed by atoms with E-state index in [4.69, 9.17) is 4.89 Å². The molecule has 0 fully saturated rings. The van der Waals surface area contributed by atoms with Crippen molar-refractivity contribution in [3.05, 3.63) is 0 Å². The van der Waals surface area contributed by atoms with Crippen LogP contribution in [0.25, 0.3) is 0 Å². The molecule has 1 unspecified atom stereocenters. The van der Waals surface area contributed by atoms with Gasteiger partial charge in [0.2, 0.25) is 0 Å². The van der Waals surface area contributed by atoms with Gasteiger partial charge in [-0.05, 0) is 0 Å². The molecule has 1 N–H and O–H groups in total. The minimum Gasteiger partial charge on any atom is -0.326 e. The summed E-state index contributed by atoms with van der Waals surface area (Å²) < 4.78 is 13.2. The van der Waals surface area contributed by atoms with E-state index < -0.39 is 8.25 Å². The summed E-state index contributed by atoms with van der Waals surface area (Å²) in [5.74, 6) is 0. The van der Waals surface area contributed by atoms with E-state index in [9.17, 15) is 4.57 Å². The highest BCUT2D eigenvalue weighted by Gasteiger charge is 1.92. The summed E-state index contributed by atoms with van der Waals surface area (Å²) in [6, 6.07) is 0. The Morgan fingerprint density at radius 3 is 1.00 bits per heavy atom. The lowest BCUT2D eigenvalue weighted by atomic mass is 10.0. The number of hydrogen-bond acceptors (Lipinski definition) is 2. The predicted octanol–water partition coefficient (Wildman–Crippen LogP) is 6.50. The van der Waals surface area contributed by atoms with Gasteiger partial charge in [-0.1, -0.05) is 104 Å². The first-order chi connectivity index (χ1) is 10.2. The fraction of sp³-hybridized carbons (Fsp3) is 1.00. The second kappa shape index (κ2) is 22.4. The Morgan fingerprint density at radius 1 is 0.667 bits per heavy atom. The van der Waals surface area contributed by atoms with Gasteiger partial charge in [0.15, 0.2) is 0 Å². The highest BCUT2D eigenvalue weighted by Crippen LogP contribution is 2.12. The van der Waals surface area contributed by atoms with Crippen molar-refractivity contribution in [1.29, 1.82) is 0 Å². The highest BCUT2D eigenvalue weighted by atomic mass is 31.1. The summed E-state index contributed by atoms with van der Waals surface area (Å²) in [5.41, 5.74) is 0. The maximum atomic E-state index is 9.33. The maximum absolute atomic E-state index is 9.33. The van der Waals surface area contributed by atoms with Crippen LogP contribution >= 0.6 is 8.25 Å². The lowest BCUT2D eigenvalue weighted by molar-refractivity contribution is 0.343. The van der Waals surface area contributed by atoms with Gasteiger partial charge in [-0.25, -0.2) is 0 Å². The Labute approximate surface area is 133 Å². The van der Waals surface area contributed by atoms with Gasteiger partial charge in [-0.15, -0.1) is 0 Å². The van der Waals surface area contributed by atoms with Crippen LogP contribution in [-0.4, -0.2) is 12.0 Å². The Hall–Kier alpha value is 0.150. The molecule has 1 atom stereocenters. The molecule has 0 aromatic heterocycles. The minimum atomic E-state index is -2.62. The van der Waals surface area contributed by atoms with Crippen molar-refractivity contribution in [2.45, 2.75) is 104 Å². The molecule has 21 heavy (non-hydrogen) atoms. The summed E-state index contributed by atoms with van der Waals surface area (Å²) >= 11 is 0. The summed E-state index contributed by atoms with van der Waals surface area (Å²) in [7, 11) is -1.44. The zero-order chi connectivity index (χ0) is 16.2. The molecule has 0 aliphatic rings. The third-order valence-electron chi connectivity index (χ3n) is 3.63. The average molecular weight is 322 g/mol. The lowest BCUT2D eigenvalue weighted by Gasteiger charge is -2.02. The van der Waals surface area contributed by atoms with E-state index in [1.807, 2.05) is 0 Å². The van der Waals surface area contributed by atoms with Crippen LogP contribution in [0.15, 0.2) is 0 Å². The van der Waals surface area contributed by atoms with Crippen molar-refractivity contribution in [2.24, 2.45) is 0 Å². The zero-order valence-electron chi connectivity index (χ0n) is 14.7. The molecule has 0 radical (unpaired) electrons. The van der Waals surface area contributed by atoms with Crippen molar-refractivity contribution >= 4 is 8.25 Å². The van der Waals surface area contributed by atoms with Crippen LogP contribution in [0.4, 0.5) is 0 Å². The monoisotopic (exact) mass is 322 g/mol. The van der Waals surface area contributed by atoms with Crippen LogP contribution < -0.4 is 0 Å². The second-order valence-corrected chi connectivity index (χ2v) is 6.65. The Kier molecular flexibility index (Phi) is 25.0. The molecular formula is C17H39O3P. The highest BCUT2D eigenvalue weighted by molar-refractivity contribution is 7.32. The summed E-state index contributed by atoms with van der Waals surface area (Å²) in [5, 5.41) is 0. The maximum Gasteiger partial charge on any atom is 0.316 e. The molecule has 0 aromatic rings. The van der Waals surface area contributed by atoms with Crippen LogP contribution in [-0.2, 0) is 9.09 Å². The Morgan fingerprint density at radius 2 is 0.857 bits per heavy atom. The van der Waals surface area contributed by atoms with Crippen LogP contribution in [0, 0.1) is 0 Å². The van der Waals surface area contributed by atoms with Crippen molar-refractivity contribution in [2.75, 3.05) is 7.11 Å². The molecule has 0 aliphatic carbocycles. The second-order valence-electron chi connectivity index (χ2n) is 5.71. The standard InChI is InChI=1S/C16H34.CH5O3P/c1-3-5-7-9-11-13-15-16-14-12-10-8-6-4-2;1-4-5(2)3/h3-16H2,1-2H3;5H,1H3,(H,2,3). The van der Waals surface area contributed by atoms with Gasteiger partial charge < -0.3 is 9.42 Å². The number of rotatable bonds is 14. The van der Waals surface area contributed by atoms with E-state index in [1.54, 1.807) is 0 Å². The van der Waals surface area contributed by atoms with Gasteiger partial charge in [0.1, 0.15) is 0 Å². The molecule has 0 aliphatic heterocycles. The Balaban J connectivity index is 0. The molecule has 130 valence electrons. The van der Waals surface area contributed by atoms with Gasteiger partial charge in [0, 0.05) is 7.11 Å². The molecule has 3 nitrogen and oxygen atoms in total. The quantitative estimate of drug-likeness (QED) is 0.293. The van der Waals surface area contributed by atoms with E-state index in [-0.39, 0.29) is 0 Å². The summed E-state index contributed by atoms with van der Waals surface area (Å²) in [6.45, 7) is 4.58. The van der Waals surface area contributed by atoms with Crippen molar-refractivity contribution in [3.8, 4) is 0 Å². The minimum absolute atomic E-state index is 1.18. The predicted molar refractivity (Wildman–Crippen MR) is 94.2 cm³/mol. The van der Waals surface area contributed by atoms with Gasteiger partial charge >= 0.3 is 8.25 Å². The molecule has 0 aromatic carbocycles. The molecular weight excluding hydrogens is 283 g/mol. The fourth-order valence-corrected chi connectivity index (χ4v) is 2.27. The molecule has 0 saturated heterocycles. The van der Waals surface area contributed by atoms with Gasteiger partial charge in [0.05, 0.1) is 0 Å². The van der Waals surface area contributed by atoms with Crippen LogP contribution in [0.1, 0.15) is 104 Å². The van der Waals surface area contributed by atoms with Gasteiger partial charge in [-0.3, -0.25) is 4.57 Å². The largest absolute Gasteiger partial charge is 0.326 e. The molecule has 0 heterocycles.